The summed E-state index contributed by atoms with van der Waals surface area (Å²) >= 11 is 11.8. The van der Waals surface area contributed by atoms with Crippen LogP contribution < -0.4 is 10.6 Å². The van der Waals surface area contributed by atoms with Gasteiger partial charge in [-0.3, -0.25) is 9.59 Å². The summed E-state index contributed by atoms with van der Waals surface area (Å²) in [5.41, 5.74) is 1.07. The topological polar surface area (TPSA) is 58.2 Å². The minimum Gasteiger partial charge on any atom is -0.345 e. The van der Waals surface area contributed by atoms with Crippen LogP contribution in [0, 0.1) is 0 Å². The molecule has 130 valence electrons. The van der Waals surface area contributed by atoms with Crippen molar-refractivity contribution >= 4 is 35.0 Å². The number of benzene rings is 2. The van der Waals surface area contributed by atoms with Gasteiger partial charge in [0, 0.05) is 5.02 Å². The number of amides is 2. The highest BCUT2D eigenvalue weighted by Crippen LogP contribution is 2.41. The summed E-state index contributed by atoms with van der Waals surface area (Å²) in [4.78, 5) is 24.5. The third kappa shape index (κ3) is 3.97. The smallest absolute Gasteiger partial charge is 0.253 e. The van der Waals surface area contributed by atoms with Gasteiger partial charge in [-0.1, -0.05) is 53.5 Å². The van der Waals surface area contributed by atoms with Crippen LogP contribution in [0.1, 0.15) is 35.2 Å². The highest BCUT2D eigenvalue weighted by molar-refractivity contribution is 6.36. The zero-order valence-corrected chi connectivity index (χ0v) is 15.0. The summed E-state index contributed by atoms with van der Waals surface area (Å²) in [7, 11) is 0. The van der Waals surface area contributed by atoms with Gasteiger partial charge in [0.25, 0.3) is 5.91 Å². The molecule has 2 aromatic carbocycles. The molecule has 3 rings (SSSR count). The van der Waals surface area contributed by atoms with Gasteiger partial charge in [-0.05, 0) is 43.0 Å². The highest BCUT2D eigenvalue weighted by Gasteiger charge is 2.39. The maximum absolute atomic E-state index is 12.3. The molecule has 0 atom stereocenters. The van der Waals surface area contributed by atoms with Crippen LogP contribution in [-0.4, -0.2) is 18.4 Å². The molecular formula is C19H18Cl2N2O2. The van der Waals surface area contributed by atoms with Gasteiger partial charge in [0.05, 0.1) is 22.7 Å². The van der Waals surface area contributed by atoms with Gasteiger partial charge in [0.1, 0.15) is 0 Å². The summed E-state index contributed by atoms with van der Waals surface area (Å²) in [5.74, 6) is -0.624. The second kappa shape index (κ2) is 7.46. The van der Waals surface area contributed by atoms with Gasteiger partial charge >= 0.3 is 0 Å². The largest absolute Gasteiger partial charge is 0.345 e. The minimum atomic E-state index is -0.404. The molecular weight excluding hydrogens is 359 g/mol. The maximum Gasteiger partial charge on any atom is 0.253 e. The zero-order valence-electron chi connectivity index (χ0n) is 13.5. The van der Waals surface area contributed by atoms with E-state index >= 15 is 0 Å². The second-order valence-electron chi connectivity index (χ2n) is 6.16. The highest BCUT2D eigenvalue weighted by atomic mass is 35.5. The molecule has 0 radical (unpaired) electrons. The molecule has 0 aliphatic heterocycles. The average Bonchev–Trinajstić information content (AvgIpc) is 2.57. The molecule has 0 aromatic heterocycles. The van der Waals surface area contributed by atoms with Crippen molar-refractivity contribution in [1.82, 2.24) is 10.6 Å². The number of rotatable bonds is 5. The van der Waals surface area contributed by atoms with E-state index in [0.29, 0.717) is 10.6 Å². The fourth-order valence-electron chi connectivity index (χ4n) is 3.01. The minimum absolute atomic E-state index is 0.105. The fraction of sp³-hybridized carbons (Fsp3) is 0.263. The first-order valence-electron chi connectivity index (χ1n) is 8.10. The molecule has 1 aliphatic carbocycles. The van der Waals surface area contributed by atoms with E-state index in [1.165, 1.54) is 12.1 Å². The Hall–Kier alpha value is -2.04. The second-order valence-corrected chi connectivity index (χ2v) is 7.00. The van der Waals surface area contributed by atoms with Gasteiger partial charge in [0.15, 0.2) is 0 Å². The molecule has 1 fully saturated rings. The lowest BCUT2D eigenvalue weighted by Gasteiger charge is -2.43. The van der Waals surface area contributed by atoms with E-state index in [2.05, 4.69) is 10.6 Å². The predicted octanol–water partition coefficient (Wildman–Crippen LogP) is 3.92. The van der Waals surface area contributed by atoms with Crippen molar-refractivity contribution in [3.8, 4) is 0 Å². The van der Waals surface area contributed by atoms with Crippen LogP contribution >= 0.6 is 23.2 Å². The molecule has 1 saturated carbocycles. The first-order chi connectivity index (χ1) is 12.0. The number of halogens is 2. The average molecular weight is 377 g/mol. The quantitative estimate of drug-likeness (QED) is 0.830. The predicted molar refractivity (Wildman–Crippen MR) is 98.9 cm³/mol. The van der Waals surface area contributed by atoms with Crippen molar-refractivity contribution in [2.75, 3.05) is 6.54 Å². The summed E-state index contributed by atoms with van der Waals surface area (Å²) in [6.07, 6.45) is 2.88. The van der Waals surface area contributed by atoms with Crippen molar-refractivity contribution in [3.63, 3.8) is 0 Å². The van der Waals surface area contributed by atoms with Gasteiger partial charge in [-0.15, -0.1) is 0 Å². The van der Waals surface area contributed by atoms with Gasteiger partial charge in [-0.25, -0.2) is 0 Å². The fourth-order valence-corrected chi connectivity index (χ4v) is 3.51. The van der Waals surface area contributed by atoms with E-state index in [9.17, 15) is 9.59 Å². The molecule has 2 amide bonds. The molecule has 25 heavy (non-hydrogen) atoms. The Labute approximate surface area is 156 Å². The molecule has 2 aromatic rings. The molecule has 0 saturated heterocycles. The number of carbonyl (C=O) groups is 2. The van der Waals surface area contributed by atoms with Crippen LogP contribution in [0.15, 0.2) is 48.5 Å². The lowest BCUT2D eigenvalue weighted by atomic mass is 9.72. The monoisotopic (exact) mass is 376 g/mol. The van der Waals surface area contributed by atoms with Gasteiger partial charge < -0.3 is 10.6 Å². The Balaban J connectivity index is 1.60. The van der Waals surface area contributed by atoms with Crippen LogP contribution in [0.25, 0.3) is 0 Å². The van der Waals surface area contributed by atoms with Crippen molar-refractivity contribution in [1.29, 1.82) is 0 Å². The Morgan fingerprint density at radius 3 is 2.36 bits per heavy atom. The van der Waals surface area contributed by atoms with E-state index in [1.54, 1.807) is 6.07 Å². The van der Waals surface area contributed by atoms with Crippen LogP contribution in [0.5, 0.6) is 0 Å². The molecule has 2 N–H and O–H groups in total. The third-order valence-electron chi connectivity index (χ3n) is 4.50. The van der Waals surface area contributed by atoms with E-state index in [1.807, 2.05) is 30.3 Å². The van der Waals surface area contributed by atoms with Crippen LogP contribution in [0.4, 0.5) is 0 Å². The van der Waals surface area contributed by atoms with E-state index in [4.69, 9.17) is 23.2 Å². The summed E-state index contributed by atoms with van der Waals surface area (Å²) in [5, 5.41) is 6.38. The summed E-state index contributed by atoms with van der Waals surface area (Å²) in [6, 6.07) is 14.5. The van der Waals surface area contributed by atoms with Crippen molar-refractivity contribution in [2.45, 2.75) is 24.8 Å². The van der Waals surface area contributed by atoms with Crippen molar-refractivity contribution < 1.29 is 9.59 Å². The van der Waals surface area contributed by atoms with Gasteiger partial charge in [0.2, 0.25) is 5.91 Å². The molecule has 4 nitrogen and oxygen atoms in total. The molecule has 6 heteroatoms. The molecule has 0 spiro atoms. The Morgan fingerprint density at radius 2 is 1.76 bits per heavy atom. The van der Waals surface area contributed by atoms with Crippen molar-refractivity contribution in [3.05, 3.63) is 69.7 Å². The summed E-state index contributed by atoms with van der Waals surface area (Å²) in [6.45, 7) is -0.105. The lowest BCUT2D eigenvalue weighted by Crippen LogP contribution is -2.53. The Bertz CT molecular complexity index is 789. The number of hydrogen-bond acceptors (Lipinski definition) is 2. The summed E-state index contributed by atoms with van der Waals surface area (Å²) < 4.78 is 0. The maximum atomic E-state index is 12.3. The Morgan fingerprint density at radius 1 is 1.04 bits per heavy atom. The van der Waals surface area contributed by atoms with Crippen LogP contribution in [0.2, 0.25) is 10.0 Å². The third-order valence-corrected chi connectivity index (χ3v) is 5.05. The lowest BCUT2D eigenvalue weighted by molar-refractivity contribution is -0.123. The molecule has 0 heterocycles. The number of carbonyl (C=O) groups excluding carboxylic acids is 2. The molecule has 1 aliphatic rings. The normalized spacial score (nSPS) is 15.1. The number of hydrogen-bond donors (Lipinski definition) is 2. The zero-order chi connectivity index (χ0) is 17.9. The Kier molecular flexibility index (Phi) is 5.30. The van der Waals surface area contributed by atoms with Crippen molar-refractivity contribution in [2.24, 2.45) is 0 Å². The van der Waals surface area contributed by atoms with E-state index < -0.39 is 5.91 Å². The standard InChI is InChI=1S/C19H18Cl2N2O2/c20-14-7-8-15(16(21)11-14)18(25)22-12-17(24)23-19(9-4-10-19)13-5-2-1-3-6-13/h1-3,5-8,11H,4,9-10,12H2,(H,22,25)(H,23,24). The van der Waals surface area contributed by atoms with Crippen LogP contribution in [0.3, 0.4) is 0 Å². The molecule has 0 unspecified atom stereocenters. The number of nitrogens with one attached hydrogen (secondary N) is 2. The van der Waals surface area contributed by atoms with E-state index in [0.717, 1.165) is 24.8 Å². The van der Waals surface area contributed by atoms with E-state index in [-0.39, 0.29) is 23.0 Å². The first kappa shape index (κ1) is 17.8. The molecule has 0 bridgehead atoms. The van der Waals surface area contributed by atoms with Crippen LogP contribution in [-0.2, 0) is 10.3 Å². The first-order valence-corrected chi connectivity index (χ1v) is 8.86. The van der Waals surface area contributed by atoms with Gasteiger partial charge in [-0.2, -0.15) is 0 Å². The SMILES string of the molecule is O=C(CNC(=O)c1ccc(Cl)cc1Cl)NC1(c2ccccc2)CCC1.